The van der Waals surface area contributed by atoms with Gasteiger partial charge in [-0.15, -0.1) is 11.3 Å². The average Bonchev–Trinajstić information content (AvgIpc) is 2.85. The summed E-state index contributed by atoms with van der Waals surface area (Å²) in [5.74, 6) is 0. The molecule has 0 radical (unpaired) electrons. The molecule has 1 heterocycles. The van der Waals surface area contributed by atoms with Gasteiger partial charge in [0.05, 0.1) is 10.6 Å². The fourth-order valence-corrected chi connectivity index (χ4v) is 3.02. The zero-order valence-electron chi connectivity index (χ0n) is 11.4. The van der Waals surface area contributed by atoms with Gasteiger partial charge in [0, 0.05) is 27.8 Å². The van der Waals surface area contributed by atoms with Gasteiger partial charge in [0.15, 0.2) is 5.13 Å². The molecule has 0 amide bonds. The van der Waals surface area contributed by atoms with Crippen molar-refractivity contribution in [1.29, 1.82) is 0 Å². The van der Waals surface area contributed by atoms with Crippen molar-refractivity contribution in [2.45, 2.75) is 31.1 Å². The standard InChI is InChI=1S/C13H15N3O2S2/c1-13(2,3)11-8-19-12(14-11)15-20-10-6-4-9(5-7-10)16(17)18/h4-8H,1-3H3,(H,14,15). The van der Waals surface area contributed by atoms with Crippen LogP contribution < -0.4 is 4.72 Å². The number of nitrogens with zero attached hydrogens (tertiary/aromatic N) is 2. The summed E-state index contributed by atoms with van der Waals surface area (Å²) in [5, 5.41) is 13.4. The minimum Gasteiger partial charge on any atom is -0.302 e. The first kappa shape index (κ1) is 14.8. The molecule has 7 heteroatoms. The molecule has 5 nitrogen and oxygen atoms in total. The number of aromatic nitrogens is 1. The van der Waals surface area contributed by atoms with Crippen LogP contribution in [-0.2, 0) is 5.41 Å². The largest absolute Gasteiger partial charge is 0.302 e. The number of non-ortho nitro benzene ring substituents is 1. The molecule has 1 N–H and O–H groups in total. The van der Waals surface area contributed by atoms with E-state index in [2.05, 4.69) is 30.5 Å². The van der Waals surface area contributed by atoms with Gasteiger partial charge in [-0.25, -0.2) is 4.98 Å². The Balaban J connectivity index is 1.98. The van der Waals surface area contributed by atoms with E-state index in [4.69, 9.17) is 0 Å². The highest BCUT2D eigenvalue weighted by molar-refractivity contribution is 8.00. The van der Waals surface area contributed by atoms with Crippen LogP contribution in [0.2, 0.25) is 0 Å². The molecule has 0 fully saturated rings. The fraction of sp³-hybridized carbons (Fsp3) is 0.308. The van der Waals surface area contributed by atoms with Gasteiger partial charge >= 0.3 is 0 Å². The van der Waals surface area contributed by atoms with Crippen molar-refractivity contribution in [1.82, 2.24) is 4.98 Å². The molecule has 0 saturated carbocycles. The van der Waals surface area contributed by atoms with E-state index in [0.29, 0.717) is 0 Å². The summed E-state index contributed by atoms with van der Waals surface area (Å²) in [4.78, 5) is 15.6. The molecule has 20 heavy (non-hydrogen) atoms. The number of nitrogens with one attached hydrogen (secondary N) is 1. The van der Waals surface area contributed by atoms with Crippen molar-refractivity contribution >= 4 is 34.1 Å². The molecule has 1 aromatic heterocycles. The summed E-state index contributed by atoms with van der Waals surface area (Å²) in [5.41, 5.74) is 1.18. The van der Waals surface area contributed by atoms with E-state index in [0.717, 1.165) is 15.7 Å². The number of anilines is 1. The predicted octanol–water partition coefficient (Wildman–Crippen LogP) is 4.47. The number of thiazole rings is 1. The lowest BCUT2D eigenvalue weighted by atomic mass is 9.93. The van der Waals surface area contributed by atoms with Crippen molar-refractivity contribution in [3.8, 4) is 0 Å². The summed E-state index contributed by atoms with van der Waals surface area (Å²) in [7, 11) is 0. The molecule has 0 bridgehead atoms. The Kier molecular flexibility index (Phi) is 4.29. The van der Waals surface area contributed by atoms with E-state index < -0.39 is 4.92 Å². The lowest BCUT2D eigenvalue weighted by Crippen LogP contribution is -2.11. The second kappa shape index (κ2) is 5.80. The molecule has 0 spiro atoms. The normalized spacial score (nSPS) is 11.3. The minimum absolute atomic E-state index is 0.0362. The molecule has 2 rings (SSSR count). The highest BCUT2D eigenvalue weighted by Gasteiger charge is 2.17. The monoisotopic (exact) mass is 309 g/mol. The zero-order chi connectivity index (χ0) is 14.8. The Morgan fingerprint density at radius 3 is 2.45 bits per heavy atom. The van der Waals surface area contributed by atoms with E-state index in [9.17, 15) is 10.1 Å². The van der Waals surface area contributed by atoms with Crippen LogP contribution in [-0.4, -0.2) is 9.91 Å². The number of rotatable bonds is 4. The highest BCUT2D eigenvalue weighted by atomic mass is 32.2. The maximum atomic E-state index is 10.6. The number of hydrogen-bond donors (Lipinski definition) is 1. The van der Waals surface area contributed by atoms with E-state index in [1.807, 2.05) is 5.38 Å². The number of hydrogen-bond acceptors (Lipinski definition) is 6. The number of nitro groups is 1. The first-order valence-electron chi connectivity index (χ1n) is 5.99. The summed E-state index contributed by atoms with van der Waals surface area (Å²) < 4.78 is 3.16. The van der Waals surface area contributed by atoms with Gasteiger partial charge in [0.1, 0.15) is 0 Å². The van der Waals surface area contributed by atoms with Crippen molar-refractivity contribution in [2.24, 2.45) is 0 Å². The molecule has 0 saturated heterocycles. The molecule has 106 valence electrons. The van der Waals surface area contributed by atoms with E-state index in [1.165, 1.54) is 24.1 Å². The van der Waals surface area contributed by atoms with Crippen molar-refractivity contribution < 1.29 is 4.92 Å². The van der Waals surface area contributed by atoms with Gasteiger partial charge in [-0.3, -0.25) is 10.1 Å². The maximum Gasteiger partial charge on any atom is 0.269 e. The first-order valence-corrected chi connectivity index (χ1v) is 7.69. The Bertz CT molecular complexity index is 603. The third-order valence-corrected chi connectivity index (χ3v) is 4.27. The van der Waals surface area contributed by atoms with Crippen LogP contribution in [0, 0.1) is 10.1 Å². The third-order valence-electron chi connectivity index (χ3n) is 2.58. The van der Waals surface area contributed by atoms with E-state index in [-0.39, 0.29) is 11.1 Å². The maximum absolute atomic E-state index is 10.6. The quantitative estimate of drug-likeness (QED) is 0.513. The van der Waals surface area contributed by atoms with Crippen molar-refractivity contribution in [3.63, 3.8) is 0 Å². The zero-order valence-corrected chi connectivity index (χ0v) is 13.0. The number of benzene rings is 1. The minimum atomic E-state index is -0.404. The molecule has 2 aromatic rings. The van der Waals surface area contributed by atoms with Crippen molar-refractivity contribution in [2.75, 3.05) is 4.72 Å². The summed E-state index contributed by atoms with van der Waals surface area (Å²) in [6.07, 6.45) is 0. The van der Waals surface area contributed by atoms with Gasteiger partial charge in [-0.05, 0) is 24.1 Å². The van der Waals surface area contributed by atoms with Crippen LogP contribution in [0.1, 0.15) is 26.5 Å². The smallest absolute Gasteiger partial charge is 0.269 e. The average molecular weight is 309 g/mol. The first-order chi connectivity index (χ1) is 9.36. The predicted molar refractivity (Wildman–Crippen MR) is 83.4 cm³/mol. The van der Waals surface area contributed by atoms with E-state index >= 15 is 0 Å². The summed E-state index contributed by atoms with van der Waals surface area (Å²) >= 11 is 2.95. The molecular formula is C13H15N3O2S2. The van der Waals surface area contributed by atoms with E-state index in [1.54, 1.807) is 23.5 Å². The van der Waals surface area contributed by atoms with Crippen LogP contribution in [0.4, 0.5) is 10.8 Å². The summed E-state index contributed by atoms with van der Waals surface area (Å²) in [6, 6.07) is 6.42. The van der Waals surface area contributed by atoms with Crippen LogP contribution >= 0.6 is 23.3 Å². The third kappa shape index (κ3) is 3.71. The number of nitro benzene ring substituents is 1. The Hall–Kier alpha value is -1.60. The van der Waals surface area contributed by atoms with Crippen LogP contribution in [0.3, 0.4) is 0 Å². The Morgan fingerprint density at radius 2 is 1.95 bits per heavy atom. The molecule has 0 atom stereocenters. The molecule has 0 aliphatic rings. The highest BCUT2D eigenvalue weighted by Crippen LogP contribution is 2.29. The van der Waals surface area contributed by atoms with Crippen molar-refractivity contribution in [3.05, 3.63) is 45.5 Å². The van der Waals surface area contributed by atoms with Gasteiger partial charge in [0.2, 0.25) is 0 Å². The van der Waals surface area contributed by atoms with Gasteiger partial charge < -0.3 is 4.72 Å². The van der Waals surface area contributed by atoms with Gasteiger partial charge in [-0.2, -0.15) is 0 Å². The molecule has 0 aliphatic carbocycles. The molecule has 1 aromatic carbocycles. The second-order valence-corrected chi connectivity index (χ2v) is 6.98. The topological polar surface area (TPSA) is 68.1 Å². The SMILES string of the molecule is CC(C)(C)c1csc(NSc2ccc([N+](=O)[O-])cc2)n1. The van der Waals surface area contributed by atoms with Crippen LogP contribution in [0.25, 0.3) is 0 Å². The molecular weight excluding hydrogens is 294 g/mol. The van der Waals surface area contributed by atoms with Gasteiger partial charge in [-0.1, -0.05) is 20.8 Å². The van der Waals surface area contributed by atoms with Crippen LogP contribution in [0.15, 0.2) is 34.5 Å². The van der Waals surface area contributed by atoms with Crippen LogP contribution in [0.5, 0.6) is 0 Å². The molecule has 0 unspecified atom stereocenters. The lowest BCUT2D eigenvalue weighted by molar-refractivity contribution is -0.384. The lowest BCUT2D eigenvalue weighted by Gasteiger charge is -2.14. The Morgan fingerprint density at radius 1 is 1.30 bits per heavy atom. The molecule has 0 aliphatic heterocycles. The van der Waals surface area contributed by atoms with Gasteiger partial charge in [0.25, 0.3) is 5.69 Å². The second-order valence-electron chi connectivity index (χ2n) is 5.24. The Labute approximate surface area is 125 Å². The summed E-state index contributed by atoms with van der Waals surface area (Å²) in [6.45, 7) is 6.36. The fourth-order valence-electron chi connectivity index (χ4n) is 1.40.